The fourth-order valence-corrected chi connectivity index (χ4v) is 3.06. The molecule has 1 aliphatic rings. The molecule has 0 bridgehead atoms. The molecule has 0 radical (unpaired) electrons. The van der Waals surface area contributed by atoms with Gasteiger partial charge in [0.05, 0.1) is 26.1 Å². The van der Waals surface area contributed by atoms with Crippen molar-refractivity contribution in [3.05, 3.63) is 54.2 Å². The average Bonchev–Trinajstić information content (AvgIpc) is 3.12. The maximum Gasteiger partial charge on any atom is 0.251 e. The Kier molecular flexibility index (Phi) is 4.27. The lowest BCUT2D eigenvalue weighted by Gasteiger charge is -2.17. The minimum absolute atomic E-state index is 0.571. The van der Waals surface area contributed by atoms with Crippen molar-refractivity contribution in [2.24, 2.45) is 0 Å². The smallest absolute Gasteiger partial charge is 0.251 e. The topological polar surface area (TPSA) is 72.4 Å². The second-order valence-corrected chi connectivity index (χ2v) is 5.86. The Labute approximate surface area is 151 Å². The van der Waals surface area contributed by atoms with Crippen molar-refractivity contribution in [3.63, 3.8) is 0 Å². The zero-order valence-corrected chi connectivity index (χ0v) is 14.6. The zero-order chi connectivity index (χ0) is 17.9. The normalized spacial score (nSPS) is 12.6. The molecule has 0 saturated heterocycles. The van der Waals surface area contributed by atoms with Gasteiger partial charge in [0.2, 0.25) is 0 Å². The molecular weight excluding hydrogens is 330 g/mol. The molecule has 1 aromatic heterocycles. The van der Waals surface area contributed by atoms with E-state index in [0.29, 0.717) is 17.5 Å². The van der Waals surface area contributed by atoms with Crippen LogP contribution in [0.25, 0.3) is 0 Å². The standard InChI is InChI=1S/C19H19N5O2/c1-25-14-7-8-17(26-2)15(11-14)21-18-12-20-23-19(22-18)24-10-9-13-5-3-4-6-16(13)24/h3-8,11-12H,9-10H2,1-2H3,(H,21,22,23). The molecule has 0 fully saturated rings. The monoisotopic (exact) mass is 349 g/mol. The van der Waals surface area contributed by atoms with Gasteiger partial charge in [-0.15, -0.1) is 5.10 Å². The summed E-state index contributed by atoms with van der Waals surface area (Å²) < 4.78 is 10.7. The summed E-state index contributed by atoms with van der Waals surface area (Å²) >= 11 is 0. The Morgan fingerprint density at radius 3 is 2.81 bits per heavy atom. The SMILES string of the molecule is COc1ccc(OC)c(Nc2cnnc(N3CCc4ccccc43)n2)c1. The molecule has 4 rings (SSSR count). The quantitative estimate of drug-likeness (QED) is 0.757. The maximum atomic E-state index is 5.40. The van der Waals surface area contributed by atoms with Crippen molar-refractivity contribution in [1.29, 1.82) is 0 Å². The minimum Gasteiger partial charge on any atom is -0.497 e. The first-order valence-corrected chi connectivity index (χ1v) is 8.32. The van der Waals surface area contributed by atoms with Crippen LogP contribution in [-0.2, 0) is 6.42 Å². The fraction of sp³-hybridized carbons (Fsp3) is 0.211. The molecule has 0 unspecified atom stereocenters. The Morgan fingerprint density at radius 1 is 1.08 bits per heavy atom. The number of nitrogens with zero attached hydrogens (tertiary/aromatic N) is 4. The summed E-state index contributed by atoms with van der Waals surface area (Å²) in [6, 6.07) is 13.8. The fourth-order valence-electron chi connectivity index (χ4n) is 3.06. The second kappa shape index (κ2) is 6.87. The van der Waals surface area contributed by atoms with Gasteiger partial charge in [0.25, 0.3) is 5.95 Å². The number of benzene rings is 2. The van der Waals surface area contributed by atoms with E-state index in [9.17, 15) is 0 Å². The van der Waals surface area contributed by atoms with Crippen LogP contribution in [0.4, 0.5) is 23.1 Å². The minimum atomic E-state index is 0.571. The first-order valence-electron chi connectivity index (χ1n) is 8.32. The first kappa shape index (κ1) is 16.1. The number of hydrogen-bond donors (Lipinski definition) is 1. The summed E-state index contributed by atoms with van der Waals surface area (Å²) in [5.41, 5.74) is 3.18. The summed E-state index contributed by atoms with van der Waals surface area (Å²) in [5, 5.41) is 11.6. The molecule has 2 aromatic carbocycles. The predicted octanol–water partition coefficient (Wildman–Crippen LogP) is 3.33. The van der Waals surface area contributed by atoms with Gasteiger partial charge >= 0.3 is 0 Å². The average molecular weight is 349 g/mol. The van der Waals surface area contributed by atoms with Crippen molar-refractivity contribution < 1.29 is 9.47 Å². The van der Waals surface area contributed by atoms with E-state index in [1.54, 1.807) is 20.4 Å². The predicted molar refractivity (Wildman–Crippen MR) is 99.8 cm³/mol. The summed E-state index contributed by atoms with van der Waals surface area (Å²) in [6.45, 7) is 0.840. The summed E-state index contributed by atoms with van der Waals surface area (Å²) in [4.78, 5) is 6.70. The van der Waals surface area contributed by atoms with Crippen molar-refractivity contribution in [2.45, 2.75) is 6.42 Å². The van der Waals surface area contributed by atoms with Crippen LogP contribution < -0.4 is 19.7 Å². The molecular formula is C19H19N5O2. The molecule has 26 heavy (non-hydrogen) atoms. The number of aromatic nitrogens is 3. The van der Waals surface area contributed by atoms with E-state index in [-0.39, 0.29) is 0 Å². The third-order valence-corrected chi connectivity index (χ3v) is 4.35. The van der Waals surface area contributed by atoms with Crippen LogP contribution >= 0.6 is 0 Å². The highest BCUT2D eigenvalue weighted by atomic mass is 16.5. The molecule has 0 aliphatic carbocycles. The number of para-hydroxylation sites is 1. The number of methoxy groups -OCH3 is 2. The summed E-state index contributed by atoms with van der Waals surface area (Å²) in [7, 11) is 3.25. The summed E-state index contributed by atoms with van der Waals surface area (Å²) in [6.07, 6.45) is 2.56. The third kappa shape index (κ3) is 2.99. The van der Waals surface area contributed by atoms with Crippen LogP contribution in [0.1, 0.15) is 5.56 Å². The molecule has 0 saturated carbocycles. The number of hydrogen-bond acceptors (Lipinski definition) is 7. The van der Waals surface area contributed by atoms with Crippen molar-refractivity contribution in [3.8, 4) is 11.5 Å². The van der Waals surface area contributed by atoms with Gasteiger partial charge in [-0.3, -0.25) is 0 Å². The van der Waals surface area contributed by atoms with E-state index in [0.717, 1.165) is 30.1 Å². The molecule has 3 aromatic rings. The lowest BCUT2D eigenvalue weighted by atomic mass is 10.2. The Morgan fingerprint density at radius 2 is 1.96 bits per heavy atom. The largest absolute Gasteiger partial charge is 0.497 e. The van der Waals surface area contributed by atoms with Gasteiger partial charge in [0.15, 0.2) is 5.82 Å². The van der Waals surface area contributed by atoms with Crippen LogP contribution in [0, 0.1) is 0 Å². The number of fused-ring (bicyclic) bond motifs is 1. The van der Waals surface area contributed by atoms with Crippen LogP contribution in [-0.4, -0.2) is 35.9 Å². The van der Waals surface area contributed by atoms with E-state index in [1.807, 2.05) is 24.3 Å². The number of nitrogens with one attached hydrogen (secondary N) is 1. The third-order valence-electron chi connectivity index (χ3n) is 4.35. The molecule has 7 heteroatoms. The Balaban J connectivity index is 1.63. The van der Waals surface area contributed by atoms with Crippen molar-refractivity contribution >= 4 is 23.1 Å². The van der Waals surface area contributed by atoms with E-state index in [2.05, 4.69) is 43.6 Å². The van der Waals surface area contributed by atoms with E-state index < -0.39 is 0 Å². The van der Waals surface area contributed by atoms with Gasteiger partial charge in [-0.1, -0.05) is 18.2 Å². The molecule has 0 atom stereocenters. The molecule has 7 nitrogen and oxygen atoms in total. The van der Waals surface area contributed by atoms with Gasteiger partial charge in [0, 0.05) is 18.3 Å². The Hall–Kier alpha value is -3.35. The maximum absolute atomic E-state index is 5.40. The van der Waals surface area contributed by atoms with Crippen LogP contribution in [0.5, 0.6) is 11.5 Å². The van der Waals surface area contributed by atoms with Gasteiger partial charge in [-0.05, 0) is 30.2 Å². The van der Waals surface area contributed by atoms with Crippen molar-refractivity contribution in [1.82, 2.24) is 15.2 Å². The molecule has 1 aliphatic heterocycles. The molecule has 0 amide bonds. The van der Waals surface area contributed by atoms with Crippen LogP contribution in [0.3, 0.4) is 0 Å². The molecule has 1 N–H and O–H groups in total. The van der Waals surface area contributed by atoms with Crippen LogP contribution in [0.15, 0.2) is 48.7 Å². The van der Waals surface area contributed by atoms with Crippen LogP contribution in [0.2, 0.25) is 0 Å². The van der Waals surface area contributed by atoms with Gasteiger partial charge < -0.3 is 19.7 Å². The highest BCUT2D eigenvalue weighted by molar-refractivity contribution is 5.68. The van der Waals surface area contributed by atoms with E-state index in [4.69, 9.17) is 9.47 Å². The van der Waals surface area contributed by atoms with Gasteiger partial charge in [-0.25, -0.2) is 0 Å². The van der Waals surface area contributed by atoms with Crippen molar-refractivity contribution in [2.75, 3.05) is 31.0 Å². The molecule has 2 heterocycles. The van der Waals surface area contributed by atoms with E-state index in [1.165, 1.54) is 5.56 Å². The second-order valence-electron chi connectivity index (χ2n) is 5.86. The first-order chi connectivity index (χ1) is 12.8. The highest BCUT2D eigenvalue weighted by Crippen LogP contribution is 2.34. The highest BCUT2D eigenvalue weighted by Gasteiger charge is 2.22. The lowest BCUT2D eigenvalue weighted by molar-refractivity contribution is 0.405. The number of anilines is 4. The Bertz CT molecular complexity index is 931. The summed E-state index contributed by atoms with van der Waals surface area (Å²) in [5.74, 6) is 2.58. The van der Waals surface area contributed by atoms with E-state index >= 15 is 0 Å². The lowest BCUT2D eigenvalue weighted by Crippen LogP contribution is -2.17. The number of ether oxygens (including phenoxy) is 2. The van der Waals surface area contributed by atoms with Gasteiger partial charge in [0.1, 0.15) is 11.5 Å². The number of rotatable bonds is 5. The molecule has 132 valence electrons. The zero-order valence-electron chi connectivity index (χ0n) is 14.6. The molecule has 0 spiro atoms. The van der Waals surface area contributed by atoms with Gasteiger partial charge in [-0.2, -0.15) is 10.1 Å².